The van der Waals surface area contributed by atoms with Crippen LogP contribution in [0, 0.1) is 5.82 Å². The van der Waals surface area contributed by atoms with E-state index in [-0.39, 0.29) is 17.8 Å². The number of rotatable bonds is 7. The van der Waals surface area contributed by atoms with Crippen LogP contribution >= 0.6 is 11.3 Å². The number of benzene rings is 3. The Hall–Kier alpha value is -4.17. The Kier molecular flexibility index (Phi) is 6.45. The maximum absolute atomic E-state index is 13.7. The SMILES string of the molecule is O=C(Cn1cnc2ccc(F)cc2c1=O)N(CCc1ccccc1)c1nc(-c2ccccc2)cs1. The van der Waals surface area contributed by atoms with Gasteiger partial charge in [-0.2, -0.15) is 0 Å². The summed E-state index contributed by atoms with van der Waals surface area (Å²) in [7, 11) is 0. The number of hydrogen-bond donors (Lipinski definition) is 0. The Morgan fingerprint density at radius 2 is 1.74 bits per heavy atom. The first-order valence-corrected chi connectivity index (χ1v) is 12.0. The van der Waals surface area contributed by atoms with Gasteiger partial charge in [-0.05, 0) is 30.2 Å². The van der Waals surface area contributed by atoms with Gasteiger partial charge in [0, 0.05) is 17.5 Å². The van der Waals surface area contributed by atoms with Crippen LogP contribution in [0.1, 0.15) is 5.56 Å². The minimum atomic E-state index is -0.527. The van der Waals surface area contributed by atoms with Crippen molar-refractivity contribution in [2.45, 2.75) is 13.0 Å². The van der Waals surface area contributed by atoms with Gasteiger partial charge in [0.05, 0.1) is 22.9 Å². The van der Waals surface area contributed by atoms with Crippen LogP contribution in [0.3, 0.4) is 0 Å². The number of nitrogens with zero attached hydrogens (tertiary/aromatic N) is 4. The Morgan fingerprint density at radius 3 is 2.51 bits per heavy atom. The van der Waals surface area contributed by atoms with E-state index in [2.05, 4.69) is 4.98 Å². The van der Waals surface area contributed by atoms with E-state index in [1.54, 1.807) is 4.90 Å². The second-order valence-corrected chi connectivity index (χ2v) is 8.84. The summed E-state index contributed by atoms with van der Waals surface area (Å²) in [6.07, 6.45) is 1.95. The van der Waals surface area contributed by atoms with Crippen LogP contribution in [-0.4, -0.2) is 27.0 Å². The van der Waals surface area contributed by atoms with Crippen LogP contribution < -0.4 is 10.5 Å². The molecule has 2 aromatic heterocycles. The molecule has 0 spiro atoms. The number of carbonyl (C=O) groups excluding carboxylic acids is 1. The number of halogens is 1. The third-order valence-corrected chi connectivity index (χ3v) is 6.52. The molecule has 0 unspecified atom stereocenters. The van der Waals surface area contributed by atoms with Gasteiger partial charge in [0.15, 0.2) is 5.13 Å². The second kappa shape index (κ2) is 9.99. The highest BCUT2D eigenvalue weighted by Crippen LogP contribution is 2.28. The standard InChI is InChI=1S/C27H21FN4O2S/c28-21-11-12-23-22(15-21)26(34)31(18-29-23)16-25(33)32(14-13-19-7-3-1-4-8-19)27-30-24(17-35-27)20-9-5-2-6-10-20/h1-12,15,17-18H,13-14,16H2. The van der Waals surface area contributed by atoms with E-state index in [1.807, 2.05) is 66.0 Å². The van der Waals surface area contributed by atoms with Crippen molar-refractivity contribution in [1.29, 1.82) is 0 Å². The van der Waals surface area contributed by atoms with Crippen molar-refractivity contribution in [2.24, 2.45) is 0 Å². The summed E-state index contributed by atoms with van der Waals surface area (Å²) in [5.74, 6) is -0.823. The van der Waals surface area contributed by atoms with E-state index in [1.165, 1.54) is 34.4 Å². The fraction of sp³-hybridized carbons (Fsp3) is 0.111. The molecule has 3 aromatic carbocycles. The first-order valence-electron chi connectivity index (χ1n) is 11.1. The molecule has 0 saturated heterocycles. The van der Waals surface area contributed by atoms with Crippen LogP contribution in [0.25, 0.3) is 22.2 Å². The zero-order valence-electron chi connectivity index (χ0n) is 18.7. The van der Waals surface area contributed by atoms with E-state index in [0.29, 0.717) is 23.6 Å². The lowest BCUT2D eigenvalue weighted by atomic mass is 10.1. The summed E-state index contributed by atoms with van der Waals surface area (Å²) in [5.41, 5.74) is 2.75. The Morgan fingerprint density at radius 1 is 1.00 bits per heavy atom. The molecule has 174 valence electrons. The van der Waals surface area contributed by atoms with Crippen LogP contribution in [0.4, 0.5) is 9.52 Å². The highest BCUT2D eigenvalue weighted by Gasteiger charge is 2.21. The quantitative estimate of drug-likeness (QED) is 0.328. The fourth-order valence-corrected chi connectivity index (χ4v) is 4.69. The van der Waals surface area contributed by atoms with Gasteiger partial charge in [0.1, 0.15) is 12.4 Å². The maximum atomic E-state index is 13.7. The van der Waals surface area contributed by atoms with Crippen molar-refractivity contribution >= 4 is 33.3 Å². The molecule has 0 N–H and O–H groups in total. The second-order valence-electron chi connectivity index (χ2n) is 8.00. The minimum absolute atomic E-state index is 0.136. The normalized spacial score (nSPS) is 11.0. The molecule has 5 aromatic rings. The number of aromatic nitrogens is 3. The van der Waals surface area contributed by atoms with E-state index < -0.39 is 11.4 Å². The molecule has 5 rings (SSSR count). The van der Waals surface area contributed by atoms with E-state index in [9.17, 15) is 14.0 Å². The van der Waals surface area contributed by atoms with Crippen molar-refractivity contribution in [3.8, 4) is 11.3 Å². The molecular weight excluding hydrogens is 463 g/mol. The average Bonchev–Trinajstić information content (AvgIpc) is 3.37. The summed E-state index contributed by atoms with van der Waals surface area (Å²) in [6, 6.07) is 23.5. The van der Waals surface area contributed by atoms with Gasteiger partial charge in [0.2, 0.25) is 5.91 Å². The van der Waals surface area contributed by atoms with Gasteiger partial charge >= 0.3 is 0 Å². The first kappa shape index (κ1) is 22.6. The third-order valence-electron chi connectivity index (χ3n) is 5.65. The lowest BCUT2D eigenvalue weighted by Crippen LogP contribution is -2.38. The van der Waals surface area contributed by atoms with Crippen LogP contribution in [0.15, 0.2) is 95.4 Å². The van der Waals surface area contributed by atoms with Gasteiger partial charge < -0.3 is 0 Å². The molecule has 0 aliphatic heterocycles. The van der Waals surface area contributed by atoms with Crippen molar-refractivity contribution in [3.05, 3.63) is 112 Å². The number of carbonyl (C=O) groups is 1. The van der Waals surface area contributed by atoms with Crippen molar-refractivity contribution in [1.82, 2.24) is 14.5 Å². The number of hydrogen-bond acceptors (Lipinski definition) is 5. The van der Waals surface area contributed by atoms with Crippen LogP contribution in [0.5, 0.6) is 0 Å². The largest absolute Gasteiger partial charge is 0.289 e. The van der Waals surface area contributed by atoms with Gasteiger partial charge in [0.25, 0.3) is 5.56 Å². The summed E-state index contributed by atoms with van der Waals surface area (Å²) >= 11 is 1.38. The molecule has 0 aliphatic rings. The highest BCUT2D eigenvalue weighted by molar-refractivity contribution is 7.14. The molecule has 0 fully saturated rings. The first-order chi connectivity index (χ1) is 17.1. The topological polar surface area (TPSA) is 68.1 Å². The number of thiazole rings is 1. The Labute approximate surface area is 205 Å². The molecular formula is C27H21FN4O2S. The molecule has 0 atom stereocenters. The summed E-state index contributed by atoms with van der Waals surface area (Å²) in [6.45, 7) is 0.169. The Balaban J connectivity index is 1.45. The smallest absolute Gasteiger partial charge is 0.261 e. The molecule has 0 bridgehead atoms. The molecule has 0 saturated carbocycles. The zero-order valence-corrected chi connectivity index (χ0v) is 19.5. The van der Waals surface area contributed by atoms with Crippen LogP contribution in [-0.2, 0) is 17.8 Å². The lowest BCUT2D eigenvalue weighted by molar-refractivity contribution is -0.119. The summed E-state index contributed by atoms with van der Waals surface area (Å²) in [5, 5.41) is 2.61. The van der Waals surface area contributed by atoms with E-state index in [4.69, 9.17) is 4.98 Å². The van der Waals surface area contributed by atoms with E-state index >= 15 is 0 Å². The lowest BCUT2D eigenvalue weighted by Gasteiger charge is -2.20. The van der Waals surface area contributed by atoms with E-state index in [0.717, 1.165) is 22.9 Å². The predicted molar refractivity (Wildman–Crippen MR) is 136 cm³/mol. The van der Waals surface area contributed by atoms with Gasteiger partial charge in [-0.15, -0.1) is 11.3 Å². The van der Waals surface area contributed by atoms with Gasteiger partial charge in [-0.3, -0.25) is 19.1 Å². The maximum Gasteiger partial charge on any atom is 0.261 e. The average molecular weight is 485 g/mol. The zero-order chi connectivity index (χ0) is 24.2. The molecule has 0 radical (unpaired) electrons. The van der Waals surface area contributed by atoms with Crippen molar-refractivity contribution < 1.29 is 9.18 Å². The number of fused-ring (bicyclic) bond motifs is 1. The molecule has 2 heterocycles. The van der Waals surface area contributed by atoms with Gasteiger partial charge in [-0.25, -0.2) is 14.4 Å². The third kappa shape index (κ3) is 5.02. The highest BCUT2D eigenvalue weighted by atomic mass is 32.1. The molecule has 0 aliphatic carbocycles. The molecule has 35 heavy (non-hydrogen) atoms. The summed E-state index contributed by atoms with van der Waals surface area (Å²) < 4.78 is 14.9. The summed E-state index contributed by atoms with van der Waals surface area (Å²) in [4.78, 5) is 36.9. The van der Waals surface area contributed by atoms with Crippen molar-refractivity contribution in [3.63, 3.8) is 0 Å². The monoisotopic (exact) mass is 484 g/mol. The predicted octanol–water partition coefficient (Wildman–Crippen LogP) is 4.94. The van der Waals surface area contributed by atoms with Crippen LogP contribution in [0.2, 0.25) is 0 Å². The number of amides is 1. The molecule has 8 heteroatoms. The molecule has 1 amide bonds. The van der Waals surface area contributed by atoms with Crippen molar-refractivity contribution in [2.75, 3.05) is 11.4 Å². The Bertz CT molecular complexity index is 1530. The fourth-order valence-electron chi connectivity index (χ4n) is 3.82. The minimum Gasteiger partial charge on any atom is -0.289 e. The van der Waals surface area contributed by atoms with Gasteiger partial charge in [-0.1, -0.05) is 60.7 Å². The molecule has 6 nitrogen and oxygen atoms in total. The number of anilines is 1.